The van der Waals surface area contributed by atoms with E-state index in [0.717, 1.165) is 17.8 Å². The highest BCUT2D eigenvalue weighted by Crippen LogP contribution is 2.17. The molecule has 0 aliphatic rings. The van der Waals surface area contributed by atoms with Crippen LogP contribution in [0.25, 0.3) is 11.2 Å². The maximum atomic E-state index is 13.7. The van der Waals surface area contributed by atoms with E-state index in [1.165, 1.54) is 21.3 Å². The van der Waals surface area contributed by atoms with E-state index in [1.807, 2.05) is 24.5 Å². The number of nitro groups is 1. The van der Waals surface area contributed by atoms with Gasteiger partial charge in [0.2, 0.25) is 0 Å². The molecule has 0 aliphatic carbocycles. The summed E-state index contributed by atoms with van der Waals surface area (Å²) in [5.74, 6) is 0.629. The molecule has 3 heterocycles. The lowest BCUT2D eigenvalue weighted by Crippen LogP contribution is -2.41. The van der Waals surface area contributed by atoms with Crippen LogP contribution in [-0.2, 0) is 32.5 Å². The van der Waals surface area contributed by atoms with Crippen LogP contribution in [0.15, 0.2) is 46.1 Å². The van der Waals surface area contributed by atoms with Crippen LogP contribution in [0.5, 0.6) is 0 Å². The Bertz CT molecular complexity index is 1520. The standard InChI is InChI=1S/C26H34N8O5/c1-3-12-33-25(36)23-24(32(26(33)37)13-10-19-5-7-21(8-6-19)34(38)39)28-22(18-20-9-11-27-29-20)31(23)15-14-30(4-2)16-17-35/h5-9,11,35H,3-4,10,12-18H2,1-2H3,(H,27,29). The molecule has 1 aromatic carbocycles. The van der Waals surface area contributed by atoms with Crippen LogP contribution in [0.1, 0.15) is 37.4 Å². The van der Waals surface area contributed by atoms with Crippen molar-refractivity contribution in [2.75, 3.05) is 26.2 Å². The van der Waals surface area contributed by atoms with Crippen molar-refractivity contribution < 1.29 is 10.0 Å². The number of aromatic amines is 1. The van der Waals surface area contributed by atoms with Crippen molar-refractivity contribution in [1.29, 1.82) is 0 Å². The maximum Gasteiger partial charge on any atom is 0.332 e. The molecule has 0 amide bonds. The summed E-state index contributed by atoms with van der Waals surface area (Å²) in [6, 6.07) is 8.06. The number of non-ortho nitro benzene ring substituents is 1. The van der Waals surface area contributed by atoms with E-state index in [1.54, 1.807) is 18.3 Å². The fraction of sp³-hybridized carbons (Fsp3) is 0.462. The van der Waals surface area contributed by atoms with Gasteiger partial charge in [-0.15, -0.1) is 0 Å². The number of aliphatic hydroxyl groups excluding tert-OH is 1. The van der Waals surface area contributed by atoms with Gasteiger partial charge in [-0.05, 0) is 31.0 Å². The van der Waals surface area contributed by atoms with E-state index in [-0.39, 0.29) is 30.9 Å². The number of benzene rings is 1. The first-order valence-corrected chi connectivity index (χ1v) is 13.1. The Morgan fingerprint density at radius 1 is 1.03 bits per heavy atom. The number of aryl methyl sites for hydroxylation is 2. The Hall–Kier alpha value is -4.10. The SMILES string of the molecule is CCCn1c(=O)c2c(nc(Cc3ccn[nH]3)n2CCN(CC)CCO)n(CCc2ccc([N+](=O)[O-])cc2)c1=O. The molecule has 0 saturated heterocycles. The Labute approximate surface area is 224 Å². The Morgan fingerprint density at radius 2 is 1.79 bits per heavy atom. The Morgan fingerprint density at radius 3 is 2.41 bits per heavy atom. The van der Waals surface area contributed by atoms with E-state index >= 15 is 0 Å². The third kappa shape index (κ3) is 6.15. The summed E-state index contributed by atoms with van der Waals surface area (Å²) in [5, 5.41) is 27.4. The largest absolute Gasteiger partial charge is 0.395 e. The van der Waals surface area contributed by atoms with Gasteiger partial charge in [0.05, 0.1) is 11.5 Å². The van der Waals surface area contributed by atoms with Crippen molar-refractivity contribution in [3.63, 3.8) is 0 Å². The fourth-order valence-corrected chi connectivity index (χ4v) is 4.72. The van der Waals surface area contributed by atoms with Gasteiger partial charge < -0.3 is 9.67 Å². The van der Waals surface area contributed by atoms with Crippen LogP contribution in [0.3, 0.4) is 0 Å². The second-order valence-corrected chi connectivity index (χ2v) is 9.33. The van der Waals surface area contributed by atoms with Crippen LogP contribution in [0.4, 0.5) is 5.69 Å². The molecule has 208 valence electrons. The molecule has 4 aromatic rings. The molecule has 4 rings (SSSR count). The zero-order valence-electron chi connectivity index (χ0n) is 22.2. The Kier molecular flexibility index (Phi) is 9.04. The van der Waals surface area contributed by atoms with Gasteiger partial charge in [-0.1, -0.05) is 26.0 Å². The summed E-state index contributed by atoms with van der Waals surface area (Å²) in [6.45, 7) is 6.78. The normalized spacial score (nSPS) is 11.6. The van der Waals surface area contributed by atoms with Gasteiger partial charge in [0.1, 0.15) is 5.82 Å². The van der Waals surface area contributed by atoms with Crippen molar-refractivity contribution in [2.45, 2.75) is 52.7 Å². The number of fused-ring (bicyclic) bond motifs is 1. The van der Waals surface area contributed by atoms with Gasteiger partial charge in [-0.3, -0.25) is 34.0 Å². The second-order valence-electron chi connectivity index (χ2n) is 9.33. The first-order valence-electron chi connectivity index (χ1n) is 13.1. The smallest absolute Gasteiger partial charge is 0.332 e. The first kappa shape index (κ1) is 27.9. The van der Waals surface area contributed by atoms with E-state index < -0.39 is 10.6 Å². The van der Waals surface area contributed by atoms with Crippen molar-refractivity contribution in [1.82, 2.24) is 33.8 Å². The quantitative estimate of drug-likeness (QED) is 0.181. The molecule has 13 heteroatoms. The number of nitro benzene ring substituents is 1. The lowest BCUT2D eigenvalue weighted by Gasteiger charge is -2.20. The van der Waals surface area contributed by atoms with E-state index in [0.29, 0.717) is 55.9 Å². The van der Waals surface area contributed by atoms with Crippen LogP contribution >= 0.6 is 0 Å². The minimum Gasteiger partial charge on any atom is -0.395 e. The number of H-pyrrole nitrogens is 1. The lowest BCUT2D eigenvalue weighted by molar-refractivity contribution is -0.384. The van der Waals surface area contributed by atoms with Gasteiger partial charge in [-0.2, -0.15) is 5.10 Å². The van der Waals surface area contributed by atoms with Crippen LogP contribution in [-0.4, -0.2) is 70.1 Å². The molecule has 0 unspecified atom stereocenters. The molecule has 39 heavy (non-hydrogen) atoms. The van der Waals surface area contributed by atoms with Crippen molar-refractivity contribution in [3.05, 3.63) is 84.6 Å². The number of hydrogen-bond donors (Lipinski definition) is 2. The lowest BCUT2D eigenvalue weighted by atomic mass is 10.1. The van der Waals surface area contributed by atoms with Gasteiger partial charge in [0.25, 0.3) is 11.2 Å². The molecule has 0 aliphatic heterocycles. The molecule has 0 radical (unpaired) electrons. The topological polar surface area (TPSA) is 157 Å². The number of aliphatic hydroxyl groups is 1. The van der Waals surface area contributed by atoms with Gasteiger partial charge >= 0.3 is 5.69 Å². The number of rotatable bonds is 14. The summed E-state index contributed by atoms with van der Waals surface area (Å²) < 4.78 is 4.68. The summed E-state index contributed by atoms with van der Waals surface area (Å²) in [7, 11) is 0. The predicted molar refractivity (Wildman–Crippen MR) is 146 cm³/mol. The maximum absolute atomic E-state index is 13.7. The molecule has 0 bridgehead atoms. The van der Waals surface area contributed by atoms with E-state index in [4.69, 9.17) is 4.98 Å². The number of aromatic nitrogens is 6. The molecular weight excluding hydrogens is 504 g/mol. The van der Waals surface area contributed by atoms with E-state index in [2.05, 4.69) is 15.1 Å². The Balaban J connectivity index is 1.81. The molecule has 0 saturated carbocycles. The minimum absolute atomic E-state index is 0.000634. The van der Waals surface area contributed by atoms with Crippen LogP contribution in [0.2, 0.25) is 0 Å². The second kappa shape index (κ2) is 12.6. The van der Waals surface area contributed by atoms with Crippen LogP contribution < -0.4 is 11.2 Å². The third-order valence-corrected chi connectivity index (χ3v) is 6.82. The number of likely N-dealkylation sites (N-methyl/N-ethyl adjacent to an activating group) is 1. The molecule has 2 N–H and O–H groups in total. The van der Waals surface area contributed by atoms with Gasteiger partial charge in [0.15, 0.2) is 11.2 Å². The highest BCUT2D eigenvalue weighted by Gasteiger charge is 2.22. The number of hydrogen-bond acceptors (Lipinski definition) is 8. The van der Waals surface area contributed by atoms with Crippen molar-refractivity contribution >= 4 is 16.9 Å². The molecule has 3 aromatic heterocycles. The summed E-state index contributed by atoms with van der Waals surface area (Å²) >= 11 is 0. The van der Waals surface area contributed by atoms with Crippen LogP contribution in [0, 0.1) is 10.1 Å². The van der Waals surface area contributed by atoms with Gasteiger partial charge in [-0.25, -0.2) is 9.78 Å². The predicted octanol–water partition coefficient (Wildman–Crippen LogP) is 1.55. The number of imidazole rings is 1. The highest BCUT2D eigenvalue weighted by molar-refractivity contribution is 5.71. The molecule has 0 fully saturated rings. The number of nitrogens with zero attached hydrogens (tertiary/aromatic N) is 7. The molecule has 13 nitrogen and oxygen atoms in total. The average molecular weight is 539 g/mol. The number of nitrogens with one attached hydrogen (secondary N) is 1. The molecule has 0 atom stereocenters. The minimum atomic E-state index is -0.452. The fourth-order valence-electron chi connectivity index (χ4n) is 4.72. The summed E-state index contributed by atoms with van der Waals surface area (Å²) in [4.78, 5) is 44.7. The van der Waals surface area contributed by atoms with Crippen molar-refractivity contribution in [3.8, 4) is 0 Å². The summed E-state index contributed by atoms with van der Waals surface area (Å²) in [6.07, 6.45) is 3.08. The monoisotopic (exact) mass is 538 g/mol. The summed E-state index contributed by atoms with van der Waals surface area (Å²) in [5.41, 5.74) is 1.53. The third-order valence-electron chi connectivity index (χ3n) is 6.82. The highest BCUT2D eigenvalue weighted by atomic mass is 16.6. The average Bonchev–Trinajstić information content (AvgIpc) is 3.57. The van der Waals surface area contributed by atoms with E-state index in [9.17, 15) is 24.8 Å². The van der Waals surface area contributed by atoms with Gasteiger partial charge in [0, 0.05) is 63.2 Å². The first-order chi connectivity index (χ1) is 18.9. The molecular formula is C26H34N8O5. The zero-order valence-corrected chi connectivity index (χ0v) is 22.2. The van der Waals surface area contributed by atoms with Crippen molar-refractivity contribution in [2.24, 2.45) is 0 Å². The molecule has 0 spiro atoms. The zero-order chi connectivity index (χ0) is 27.9.